The van der Waals surface area contributed by atoms with Crippen molar-refractivity contribution in [3.05, 3.63) is 12.0 Å². The molecule has 0 aromatic rings. The highest BCUT2D eigenvalue weighted by molar-refractivity contribution is 5.02. The Bertz CT molecular complexity index is 290. The van der Waals surface area contributed by atoms with Gasteiger partial charge in [-0.1, -0.05) is 0 Å². The first kappa shape index (κ1) is 12.5. The molecule has 3 rings (SSSR count). The number of rotatable bonds is 8. The highest BCUT2D eigenvalue weighted by atomic mass is 16.6. The SMILES string of the molecule is C1=C(COCC2CCC(COCC3CO3)CC2)O1. The Morgan fingerprint density at radius 2 is 1.61 bits per heavy atom. The van der Waals surface area contributed by atoms with Crippen molar-refractivity contribution in [3.63, 3.8) is 0 Å². The first-order valence-electron chi connectivity index (χ1n) is 7.03. The van der Waals surface area contributed by atoms with E-state index in [1.807, 2.05) is 0 Å². The van der Waals surface area contributed by atoms with Crippen molar-refractivity contribution in [2.75, 3.05) is 33.0 Å². The molecule has 0 amide bonds. The second-order valence-corrected chi connectivity index (χ2v) is 5.60. The van der Waals surface area contributed by atoms with Crippen LogP contribution in [0.2, 0.25) is 0 Å². The molecule has 18 heavy (non-hydrogen) atoms. The molecular formula is C14H22O4. The molecular weight excluding hydrogens is 232 g/mol. The van der Waals surface area contributed by atoms with E-state index in [4.69, 9.17) is 18.9 Å². The molecule has 2 aliphatic heterocycles. The summed E-state index contributed by atoms with van der Waals surface area (Å²) in [5.74, 6) is 2.46. The van der Waals surface area contributed by atoms with Gasteiger partial charge in [0.25, 0.3) is 0 Å². The molecule has 0 spiro atoms. The Morgan fingerprint density at radius 3 is 2.17 bits per heavy atom. The maximum Gasteiger partial charge on any atom is 0.164 e. The minimum Gasteiger partial charge on any atom is -0.460 e. The van der Waals surface area contributed by atoms with Crippen molar-refractivity contribution in [3.8, 4) is 0 Å². The molecule has 1 saturated carbocycles. The zero-order valence-corrected chi connectivity index (χ0v) is 10.8. The van der Waals surface area contributed by atoms with E-state index in [9.17, 15) is 0 Å². The number of hydrogen-bond acceptors (Lipinski definition) is 4. The second-order valence-electron chi connectivity index (χ2n) is 5.60. The Balaban J connectivity index is 1.22. The lowest BCUT2D eigenvalue weighted by Gasteiger charge is -2.28. The van der Waals surface area contributed by atoms with E-state index < -0.39 is 0 Å². The molecule has 1 aliphatic carbocycles. The molecule has 102 valence electrons. The van der Waals surface area contributed by atoms with Gasteiger partial charge in [-0.15, -0.1) is 0 Å². The molecule has 2 heterocycles. The molecule has 3 aliphatic rings. The van der Waals surface area contributed by atoms with E-state index in [2.05, 4.69) is 0 Å². The van der Waals surface area contributed by atoms with Crippen molar-refractivity contribution in [2.45, 2.75) is 31.8 Å². The third-order valence-electron chi connectivity index (χ3n) is 3.91. The van der Waals surface area contributed by atoms with E-state index in [-0.39, 0.29) is 0 Å². The second kappa shape index (κ2) is 6.04. The summed E-state index contributed by atoms with van der Waals surface area (Å²) in [6, 6.07) is 0. The van der Waals surface area contributed by atoms with E-state index >= 15 is 0 Å². The van der Waals surface area contributed by atoms with Crippen molar-refractivity contribution in [1.82, 2.24) is 0 Å². The Hall–Kier alpha value is -0.580. The van der Waals surface area contributed by atoms with E-state index in [1.54, 1.807) is 6.26 Å². The van der Waals surface area contributed by atoms with Crippen LogP contribution in [0.3, 0.4) is 0 Å². The first-order chi connectivity index (χ1) is 8.90. The van der Waals surface area contributed by atoms with Crippen LogP contribution in [0.5, 0.6) is 0 Å². The van der Waals surface area contributed by atoms with Gasteiger partial charge in [-0.05, 0) is 37.5 Å². The van der Waals surface area contributed by atoms with Crippen LogP contribution in [-0.2, 0) is 18.9 Å². The van der Waals surface area contributed by atoms with Crippen molar-refractivity contribution < 1.29 is 18.9 Å². The fourth-order valence-corrected chi connectivity index (χ4v) is 2.53. The number of ether oxygens (including phenoxy) is 4. The highest BCUT2D eigenvalue weighted by Gasteiger charge is 2.25. The molecule has 0 bridgehead atoms. The monoisotopic (exact) mass is 254 g/mol. The third kappa shape index (κ3) is 4.26. The van der Waals surface area contributed by atoms with Crippen LogP contribution in [0.25, 0.3) is 0 Å². The van der Waals surface area contributed by atoms with Crippen molar-refractivity contribution in [2.24, 2.45) is 11.8 Å². The average Bonchev–Trinajstić information content (AvgIpc) is 3.25. The summed E-state index contributed by atoms with van der Waals surface area (Å²) in [7, 11) is 0. The first-order valence-corrected chi connectivity index (χ1v) is 7.03. The molecule has 1 atom stereocenters. The fourth-order valence-electron chi connectivity index (χ4n) is 2.53. The van der Waals surface area contributed by atoms with Crippen LogP contribution in [0.1, 0.15) is 25.7 Å². The summed E-state index contributed by atoms with van der Waals surface area (Å²) in [5, 5.41) is 0. The van der Waals surface area contributed by atoms with E-state index in [0.717, 1.165) is 44.0 Å². The normalized spacial score (nSPS) is 33.8. The Morgan fingerprint density at radius 1 is 1.00 bits per heavy atom. The van der Waals surface area contributed by atoms with Gasteiger partial charge in [0.2, 0.25) is 0 Å². The molecule has 2 fully saturated rings. The third-order valence-corrected chi connectivity index (χ3v) is 3.91. The molecule has 1 unspecified atom stereocenters. The summed E-state index contributed by atoms with van der Waals surface area (Å²) in [4.78, 5) is 0. The predicted molar refractivity (Wildman–Crippen MR) is 66.0 cm³/mol. The molecule has 0 N–H and O–H groups in total. The molecule has 1 saturated heterocycles. The summed E-state index contributed by atoms with van der Waals surface area (Å²) < 4.78 is 21.3. The lowest BCUT2D eigenvalue weighted by molar-refractivity contribution is 0.0482. The van der Waals surface area contributed by atoms with E-state index in [0.29, 0.717) is 12.7 Å². The number of epoxide rings is 1. The lowest BCUT2D eigenvalue weighted by Crippen LogP contribution is -2.22. The largest absolute Gasteiger partial charge is 0.460 e. The summed E-state index contributed by atoms with van der Waals surface area (Å²) >= 11 is 0. The van der Waals surface area contributed by atoms with Gasteiger partial charge in [0.1, 0.15) is 19.0 Å². The van der Waals surface area contributed by atoms with Gasteiger partial charge in [-0.3, -0.25) is 0 Å². The van der Waals surface area contributed by atoms with Gasteiger partial charge in [0.05, 0.1) is 13.2 Å². The predicted octanol–water partition coefficient (Wildman–Crippen LogP) is 2.10. The van der Waals surface area contributed by atoms with E-state index in [1.165, 1.54) is 25.7 Å². The summed E-state index contributed by atoms with van der Waals surface area (Å²) in [6.45, 7) is 4.13. The van der Waals surface area contributed by atoms with Gasteiger partial charge in [0.15, 0.2) is 5.76 Å². The molecule has 0 radical (unpaired) electrons. The van der Waals surface area contributed by atoms with Crippen molar-refractivity contribution >= 4 is 0 Å². The molecule has 4 heteroatoms. The maximum atomic E-state index is 5.67. The standard InChI is InChI=1S/C14H22O4/c1-2-12(6-16-8-14-10-18-14)4-3-11(1)5-15-7-13-9-17-13/h9,11-12,14H,1-8,10H2. The van der Waals surface area contributed by atoms with Crippen LogP contribution in [-0.4, -0.2) is 39.1 Å². The topological polar surface area (TPSA) is 43.5 Å². The minimum absolute atomic E-state index is 0.397. The summed E-state index contributed by atoms with van der Waals surface area (Å²) in [6.07, 6.45) is 7.24. The van der Waals surface area contributed by atoms with Gasteiger partial charge in [-0.25, -0.2) is 0 Å². The van der Waals surface area contributed by atoms with Gasteiger partial charge in [0, 0.05) is 13.2 Å². The van der Waals surface area contributed by atoms with Crippen LogP contribution in [0.15, 0.2) is 12.0 Å². The zero-order chi connectivity index (χ0) is 12.2. The highest BCUT2D eigenvalue weighted by Crippen LogP contribution is 2.29. The Labute approximate surface area is 108 Å². The molecule has 0 aromatic carbocycles. The lowest BCUT2D eigenvalue weighted by atomic mass is 9.83. The zero-order valence-electron chi connectivity index (χ0n) is 10.8. The maximum absolute atomic E-state index is 5.67. The minimum atomic E-state index is 0.397. The summed E-state index contributed by atoms with van der Waals surface area (Å²) in [5.41, 5.74) is 0. The molecule has 4 nitrogen and oxygen atoms in total. The molecule has 0 aromatic heterocycles. The van der Waals surface area contributed by atoms with Gasteiger partial charge >= 0.3 is 0 Å². The van der Waals surface area contributed by atoms with Crippen molar-refractivity contribution in [1.29, 1.82) is 0 Å². The van der Waals surface area contributed by atoms with Crippen LogP contribution < -0.4 is 0 Å². The fraction of sp³-hybridized carbons (Fsp3) is 0.857. The van der Waals surface area contributed by atoms with Gasteiger partial charge in [-0.2, -0.15) is 0 Å². The average molecular weight is 254 g/mol. The Kier molecular flexibility index (Phi) is 4.18. The van der Waals surface area contributed by atoms with Crippen LogP contribution >= 0.6 is 0 Å². The number of hydrogen-bond donors (Lipinski definition) is 0. The smallest absolute Gasteiger partial charge is 0.164 e. The quantitative estimate of drug-likeness (QED) is 0.622. The van der Waals surface area contributed by atoms with Crippen LogP contribution in [0, 0.1) is 11.8 Å². The van der Waals surface area contributed by atoms with Crippen LogP contribution in [0.4, 0.5) is 0 Å². The van der Waals surface area contributed by atoms with Gasteiger partial charge < -0.3 is 18.9 Å².